The Bertz CT molecular complexity index is 523. The minimum atomic E-state index is 0.0367. The first kappa shape index (κ1) is 13.7. The van der Waals surface area contributed by atoms with Crippen LogP contribution in [-0.4, -0.2) is 16.7 Å². The SMILES string of the molecule is CCO[C@H](C)c1ccc(-c2cc(CO)ccn2)cc1. The lowest BCUT2D eigenvalue weighted by Crippen LogP contribution is -1.99. The van der Waals surface area contributed by atoms with Gasteiger partial charge in [0.2, 0.25) is 0 Å². The minimum Gasteiger partial charge on any atom is -0.392 e. The van der Waals surface area contributed by atoms with Crippen molar-refractivity contribution in [1.82, 2.24) is 4.98 Å². The van der Waals surface area contributed by atoms with Crippen LogP contribution in [0.5, 0.6) is 0 Å². The fourth-order valence-electron chi connectivity index (χ4n) is 2.00. The topological polar surface area (TPSA) is 42.4 Å². The van der Waals surface area contributed by atoms with Gasteiger partial charge in [-0.1, -0.05) is 24.3 Å². The molecule has 0 aliphatic heterocycles. The van der Waals surface area contributed by atoms with E-state index in [2.05, 4.69) is 17.1 Å². The first-order chi connectivity index (χ1) is 9.24. The molecule has 0 saturated heterocycles. The number of aliphatic hydroxyl groups excluding tert-OH is 1. The third-order valence-corrected chi connectivity index (χ3v) is 3.10. The molecule has 0 radical (unpaired) electrons. The molecule has 2 aromatic rings. The summed E-state index contributed by atoms with van der Waals surface area (Å²) in [5.41, 5.74) is 3.95. The van der Waals surface area contributed by atoms with E-state index in [1.807, 2.05) is 38.1 Å². The molecule has 1 atom stereocenters. The maximum Gasteiger partial charge on any atom is 0.0796 e. The fraction of sp³-hybridized carbons (Fsp3) is 0.312. The monoisotopic (exact) mass is 257 g/mol. The molecule has 0 unspecified atom stereocenters. The molecule has 1 N–H and O–H groups in total. The molecule has 0 spiro atoms. The fourth-order valence-corrected chi connectivity index (χ4v) is 2.00. The van der Waals surface area contributed by atoms with Gasteiger partial charge < -0.3 is 9.84 Å². The van der Waals surface area contributed by atoms with Gasteiger partial charge in [-0.3, -0.25) is 4.98 Å². The summed E-state index contributed by atoms with van der Waals surface area (Å²) in [4.78, 5) is 4.33. The summed E-state index contributed by atoms with van der Waals surface area (Å²) in [5.74, 6) is 0. The van der Waals surface area contributed by atoms with Gasteiger partial charge in [0.1, 0.15) is 0 Å². The maximum absolute atomic E-state index is 9.14. The van der Waals surface area contributed by atoms with Crippen molar-refractivity contribution >= 4 is 0 Å². The number of hydrogen-bond donors (Lipinski definition) is 1. The van der Waals surface area contributed by atoms with Gasteiger partial charge in [0.25, 0.3) is 0 Å². The highest BCUT2D eigenvalue weighted by Gasteiger charge is 2.06. The Balaban J connectivity index is 2.22. The van der Waals surface area contributed by atoms with Crippen molar-refractivity contribution < 1.29 is 9.84 Å². The lowest BCUT2D eigenvalue weighted by Gasteiger charge is -2.12. The number of aromatic nitrogens is 1. The molecule has 19 heavy (non-hydrogen) atoms. The smallest absolute Gasteiger partial charge is 0.0796 e. The number of ether oxygens (including phenoxy) is 1. The summed E-state index contributed by atoms with van der Waals surface area (Å²) < 4.78 is 5.56. The van der Waals surface area contributed by atoms with E-state index in [0.717, 1.165) is 22.4 Å². The highest BCUT2D eigenvalue weighted by molar-refractivity contribution is 5.60. The zero-order valence-corrected chi connectivity index (χ0v) is 11.3. The number of pyridine rings is 1. The first-order valence-corrected chi connectivity index (χ1v) is 6.52. The zero-order chi connectivity index (χ0) is 13.7. The van der Waals surface area contributed by atoms with E-state index in [0.29, 0.717) is 6.61 Å². The van der Waals surface area contributed by atoms with Gasteiger partial charge in [-0.2, -0.15) is 0 Å². The van der Waals surface area contributed by atoms with Gasteiger partial charge in [0, 0.05) is 18.4 Å². The predicted molar refractivity (Wildman–Crippen MR) is 75.6 cm³/mol. The molecule has 0 bridgehead atoms. The van der Waals surface area contributed by atoms with Crippen LogP contribution < -0.4 is 0 Å². The van der Waals surface area contributed by atoms with Crippen LogP contribution in [0.4, 0.5) is 0 Å². The summed E-state index contributed by atoms with van der Waals surface area (Å²) in [6.45, 7) is 4.79. The van der Waals surface area contributed by atoms with Gasteiger partial charge in [-0.25, -0.2) is 0 Å². The molecule has 1 heterocycles. The van der Waals surface area contributed by atoms with Crippen LogP contribution in [0, 0.1) is 0 Å². The van der Waals surface area contributed by atoms with E-state index < -0.39 is 0 Å². The summed E-state index contributed by atoms with van der Waals surface area (Å²) in [6, 6.07) is 11.9. The third-order valence-electron chi connectivity index (χ3n) is 3.10. The quantitative estimate of drug-likeness (QED) is 0.893. The molecule has 2 rings (SSSR count). The standard InChI is InChI=1S/C16H19NO2/c1-3-19-12(2)14-4-6-15(7-5-14)16-10-13(11-18)8-9-17-16/h4-10,12,18H,3,11H2,1-2H3/t12-/m1/s1. The van der Waals surface area contributed by atoms with E-state index in [4.69, 9.17) is 9.84 Å². The van der Waals surface area contributed by atoms with Crippen molar-refractivity contribution in [3.8, 4) is 11.3 Å². The summed E-state index contributed by atoms with van der Waals surface area (Å²) in [7, 11) is 0. The van der Waals surface area contributed by atoms with Crippen molar-refractivity contribution in [2.45, 2.75) is 26.6 Å². The van der Waals surface area contributed by atoms with Gasteiger partial charge in [-0.15, -0.1) is 0 Å². The van der Waals surface area contributed by atoms with Crippen LogP contribution in [0.3, 0.4) is 0 Å². The van der Waals surface area contributed by atoms with Crippen molar-refractivity contribution in [3.63, 3.8) is 0 Å². The van der Waals surface area contributed by atoms with E-state index in [1.165, 1.54) is 0 Å². The highest BCUT2D eigenvalue weighted by atomic mass is 16.5. The Labute approximate surface area is 113 Å². The average Bonchev–Trinajstić information content (AvgIpc) is 2.48. The number of rotatable bonds is 5. The van der Waals surface area contributed by atoms with Gasteiger partial charge in [0.15, 0.2) is 0 Å². The molecule has 1 aromatic heterocycles. The van der Waals surface area contributed by atoms with Crippen molar-refractivity contribution in [2.24, 2.45) is 0 Å². The Morgan fingerprint density at radius 2 is 1.95 bits per heavy atom. The third kappa shape index (κ3) is 3.40. The second kappa shape index (κ2) is 6.45. The van der Waals surface area contributed by atoms with E-state index in [-0.39, 0.29) is 12.7 Å². The molecule has 0 aliphatic rings. The Hall–Kier alpha value is -1.71. The molecule has 3 heteroatoms. The Kier molecular flexibility index (Phi) is 4.66. The lowest BCUT2D eigenvalue weighted by molar-refractivity contribution is 0.0764. The molecular formula is C16H19NO2. The number of nitrogens with zero attached hydrogens (tertiary/aromatic N) is 1. The van der Waals surface area contributed by atoms with Crippen LogP contribution in [0.15, 0.2) is 42.6 Å². The molecular weight excluding hydrogens is 238 g/mol. The van der Waals surface area contributed by atoms with Crippen molar-refractivity contribution in [2.75, 3.05) is 6.61 Å². The van der Waals surface area contributed by atoms with Crippen LogP contribution in [0.25, 0.3) is 11.3 Å². The van der Waals surface area contributed by atoms with Crippen LogP contribution >= 0.6 is 0 Å². The van der Waals surface area contributed by atoms with Gasteiger partial charge in [-0.05, 0) is 37.1 Å². The van der Waals surface area contributed by atoms with E-state index in [9.17, 15) is 0 Å². The maximum atomic E-state index is 9.14. The first-order valence-electron chi connectivity index (χ1n) is 6.52. The summed E-state index contributed by atoms with van der Waals surface area (Å²) >= 11 is 0. The van der Waals surface area contributed by atoms with Crippen LogP contribution in [0.2, 0.25) is 0 Å². The second-order valence-electron chi connectivity index (χ2n) is 4.43. The largest absolute Gasteiger partial charge is 0.392 e. The molecule has 0 amide bonds. The van der Waals surface area contributed by atoms with E-state index >= 15 is 0 Å². The normalized spacial score (nSPS) is 12.4. The Morgan fingerprint density at radius 3 is 2.58 bits per heavy atom. The zero-order valence-electron chi connectivity index (χ0n) is 11.3. The second-order valence-corrected chi connectivity index (χ2v) is 4.43. The molecule has 3 nitrogen and oxygen atoms in total. The minimum absolute atomic E-state index is 0.0367. The molecule has 100 valence electrons. The molecule has 1 aromatic carbocycles. The number of aliphatic hydroxyl groups is 1. The highest BCUT2D eigenvalue weighted by Crippen LogP contribution is 2.22. The van der Waals surface area contributed by atoms with Crippen LogP contribution in [0.1, 0.15) is 31.1 Å². The summed E-state index contributed by atoms with van der Waals surface area (Å²) in [6.07, 6.45) is 1.83. The van der Waals surface area contributed by atoms with Gasteiger partial charge >= 0.3 is 0 Å². The molecule has 0 saturated carbocycles. The average molecular weight is 257 g/mol. The predicted octanol–water partition coefficient (Wildman–Crippen LogP) is 3.34. The molecule has 0 fully saturated rings. The lowest BCUT2D eigenvalue weighted by atomic mass is 10.0. The van der Waals surface area contributed by atoms with Crippen LogP contribution in [-0.2, 0) is 11.3 Å². The number of benzene rings is 1. The van der Waals surface area contributed by atoms with E-state index in [1.54, 1.807) is 6.20 Å². The summed E-state index contributed by atoms with van der Waals surface area (Å²) in [5, 5.41) is 9.14. The molecule has 0 aliphatic carbocycles. The van der Waals surface area contributed by atoms with Crippen molar-refractivity contribution in [1.29, 1.82) is 0 Å². The Morgan fingerprint density at radius 1 is 1.21 bits per heavy atom. The number of hydrogen-bond acceptors (Lipinski definition) is 3. The van der Waals surface area contributed by atoms with Gasteiger partial charge in [0.05, 0.1) is 18.4 Å². The van der Waals surface area contributed by atoms with Crippen molar-refractivity contribution in [3.05, 3.63) is 53.7 Å².